The van der Waals surface area contributed by atoms with Crippen molar-refractivity contribution < 1.29 is 13.2 Å². The number of aromatic nitrogens is 1. The van der Waals surface area contributed by atoms with Gasteiger partial charge in [-0.15, -0.1) is 11.3 Å². The second-order valence-corrected chi connectivity index (χ2v) is 9.12. The van der Waals surface area contributed by atoms with Crippen molar-refractivity contribution in [2.75, 3.05) is 57.2 Å². The lowest BCUT2D eigenvalue weighted by Crippen LogP contribution is -2.59. The predicted molar refractivity (Wildman–Crippen MR) is 91.7 cm³/mol. The molecule has 0 aliphatic carbocycles. The SMILES string of the molecule is CNc1nc(CN2CCN(CCOC)[C@@H]3CS(=O)(=O)C[C@@H]32)cs1. The molecule has 0 aromatic carbocycles. The molecule has 0 amide bonds. The summed E-state index contributed by atoms with van der Waals surface area (Å²) in [6.07, 6.45) is 0. The van der Waals surface area contributed by atoms with Crippen molar-refractivity contribution in [1.82, 2.24) is 14.8 Å². The number of rotatable bonds is 6. The van der Waals surface area contributed by atoms with E-state index in [1.807, 2.05) is 12.4 Å². The van der Waals surface area contributed by atoms with Crippen LogP contribution in [0.3, 0.4) is 0 Å². The Bertz CT molecular complexity index is 634. The first-order valence-corrected chi connectivity index (χ1v) is 10.5. The van der Waals surface area contributed by atoms with Crippen molar-refractivity contribution in [3.63, 3.8) is 0 Å². The number of methoxy groups -OCH3 is 1. The molecule has 2 saturated heterocycles. The van der Waals surface area contributed by atoms with Crippen LogP contribution < -0.4 is 5.32 Å². The first-order valence-electron chi connectivity index (χ1n) is 7.82. The van der Waals surface area contributed by atoms with Crippen LogP contribution in [-0.4, -0.2) is 87.2 Å². The highest BCUT2D eigenvalue weighted by Gasteiger charge is 2.46. The largest absolute Gasteiger partial charge is 0.383 e. The Labute approximate surface area is 141 Å². The van der Waals surface area contributed by atoms with Gasteiger partial charge in [0.1, 0.15) is 0 Å². The molecule has 0 saturated carbocycles. The molecule has 1 N–H and O–H groups in total. The highest BCUT2D eigenvalue weighted by atomic mass is 32.2. The molecule has 7 nitrogen and oxygen atoms in total. The van der Waals surface area contributed by atoms with E-state index in [9.17, 15) is 8.42 Å². The van der Waals surface area contributed by atoms with Gasteiger partial charge in [0.2, 0.25) is 0 Å². The average molecular weight is 361 g/mol. The molecule has 2 aliphatic rings. The lowest BCUT2D eigenvalue weighted by atomic mass is 10.0. The third-order valence-electron chi connectivity index (χ3n) is 4.62. The Hall–Kier alpha value is -0.740. The minimum absolute atomic E-state index is 0.0605. The van der Waals surface area contributed by atoms with Crippen LogP contribution in [0.25, 0.3) is 0 Å². The Kier molecular flexibility index (Phi) is 5.22. The van der Waals surface area contributed by atoms with Crippen LogP contribution in [0, 0.1) is 0 Å². The molecule has 9 heteroatoms. The number of fused-ring (bicyclic) bond motifs is 1. The van der Waals surface area contributed by atoms with Gasteiger partial charge in [-0.05, 0) is 0 Å². The quantitative estimate of drug-likeness (QED) is 0.772. The molecule has 0 unspecified atom stereocenters. The number of anilines is 1. The topological polar surface area (TPSA) is 74.8 Å². The van der Waals surface area contributed by atoms with Gasteiger partial charge in [0, 0.05) is 57.8 Å². The summed E-state index contributed by atoms with van der Waals surface area (Å²) < 4.78 is 29.5. The zero-order chi connectivity index (χ0) is 16.4. The number of hydrogen-bond acceptors (Lipinski definition) is 8. The smallest absolute Gasteiger partial charge is 0.182 e. The van der Waals surface area contributed by atoms with Crippen LogP contribution in [0.1, 0.15) is 5.69 Å². The van der Waals surface area contributed by atoms with Crippen LogP contribution in [-0.2, 0) is 21.1 Å². The van der Waals surface area contributed by atoms with Crippen molar-refractivity contribution in [3.8, 4) is 0 Å². The third-order valence-corrected chi connectivity index (χ3v) is 7.23. The van der Waals surface area contributed by atoms with Gasteiger partial charge in [-0.3, -0.25) is 9.80 Å². The third kappa shape index (κ3) is 3.85. The van der Waals surface area contributed by atoms with Gasteiger partial charge < -0.3 is 10.1 Å². The Morgan fingerprint density at radius 1 is 1.35 bits per heavy atom. The second kappa shape index (κ2) is 7.02. The Morgan fingerprint density at radius 3 is 2.70 bits per heavy atom. The summed E-state index contributed by atoms with van der Waals surface area (Å²) in [5.74, 6) is 0.515. The van der Waals surface area contributed by atoms with E-state index in [2.05, 4.69) is 20.1 Å². The van der Waals surface area contributed by atoms with E-state index in [1.54, 1.807) is 18.4 Å². The van der Waals surface area contributed by atoms with Crippen LogP contribution in [0.15, 0.2) is 5.38 Å². The summed E-state index contributed by atoms with van der Waals surface area (Å²) in [4.78, 5) is 9.08. The van der Waals surface area contributed by atoms with Gasteiger partial charge in [0.25, 0.3) is 0 Å². The van der Waals surface area contributed by atoms with E-state index in [0.717, 1.165) is 30.5 Å². The van der Waals surface area contributed by atoms with Crippen molar-refractivity contribution in [3.05, 3.63) is 11.1 Å². The first-order chi connectivity index (χ1) is 11.0. The standard InChI is InChI=1S/C14H24N4O3S2/c1-15-14-16-11(8-22-14)7-18-4-3-17(5-6-21-2)12-9-23(19,20)10-13(12)18/h8,12-13H,3-7,9-10H2,1-2H3,(H,15,16)/t12-,13+/m1/s1. The van der Waals surface area contributed by atoms with Crippen LogP contribution in [0.5, 0.6) is 0 Å². The number of thiazole rings is 1. The lowest BCUT2D eigenvalue weighted by Gasteiger charge is -2.43. The molecule has 2 fully saturated rings. The Morgan fingerprint density at radius 2 is 2.04 bits per heavy atom. The number of ether oxygens (including phenoxy) is 1. The molecule has 1 aromatic heterocycles. The maximum absolute atomic E-state index is 12.2. The number of piperazine rings is 1. The molecule has 1 aromatic rings. The minimum atomic E-state index is -2.97. The van der Waals surface area contributed by atoms with E-state index in [0.29, 0.717) is 13.2 Å². The summed E-state index contributed by atoms with van der Waals surface area (Å²) in [6, 6.07) is 0.136. The fourth-order valence-electron chi connectivity index (χ4n) is 3.48. The number of nitrogens with zero attached hydrogens (tertiary/aromatic N) is 3. The molecule has 3 rings (SSSR count). The van der Waals surface area contributed by atoms with E-state index in [1.165, 1.54) is 0 Å². The molecule has 3 heterocycles. The van der Waals surface area contributed by atoms with Crippen molar-refractivity contribution in [1.29, 1.82) is 0 Å². The highest BCUT2D eigenvalue weighted by Crippen LogP contribution is 2.28. The van der Waals surface area contributed by atoms with Crippen molar-refractivity contribution >= 4 is 26.3 Å². The molecule has 2 aliphatic heterocycles. The van der Waals surface area contributed by atoms with Gasteiger partial charge >= 0.3 is 0 Å². The summed E-state index contributed by atoms with van der Waals surface area (Å²) in [7, 11) is 0.573. The molecular weight excluding hydrogens is 336 g/mol. The molecular formula is C14H24N4O3S2. The molecule has 0 radical (unpaired) electrons. The highest BCUT2D eigenvalue weighted by molar-refractivity contribution is 7.91. The molecule has 130 valence electrons. The van der Waals surface area contributed by atoms with Gasteiger partial charge in [-0.25, -0.2) is 13.4 Å². The molecule has 2 atom stereocenters. The minimum Gasteiger partial charge on any atom is -0.383 e. The number of nitrogens with one attached hydrogen (secondary N) is 1. The van der Waals surface area contributed by atoms with E-state index >= 15 is 0 Å². The second-order valence-electron chi connectivity index (χ2n) is 6.10. The predicted octanol–water partition coefficient (Wildman–Crippen LogP) is 0.114. The van der Waals surface area contributed by atoms with E-state index < -0.39 is 9.84 Å². The fraction of sp³-hybridized carbons (Fsp3) is 0.786. The van der Waals surface area contributed by atoms with Gasteiger partial charge in [0.05, 0.1) is 23.8 Å². The molecule has 23 heavy (non-hydrogen) atoms. The van der Waals surface area contributed by atoms with Crippen LogP contribution in [0.4, 0.5) is 5.13 Å². The van der Waals surface area contributed by atoms with Gasteiger partial charge in [0.15, 0.2) is 15.0 Å². The summed E-state index contributed by atoms with van der Waals surface area (Å²) in [5, 5.41) is 5.99. The molecule has 0 bridgehead atoms. The lowest BCUT2D eigenvalue weighted by molar-refractivity contribution is 0.0248. The summed E-state index contributed by atoms with van der Waals surface area (Å²) in [6.45, 7) is 3.89. The average Bonchev–Trinajstić information content (AvgIpc) is 3.09. The zero-order valence-corrected chi connectivity index (χ0v) is 15.2. The van der Waals surface area contributed by atoms with E-state index in [4.69, 9.17) is 4.74 Å². The van der Waals surface area contributed by atoms with E-state index in [-0.39, 0.29) is 23.6 Å². The van der Waals surface area contributed by atoms with Crippen LogP contribution in [0.2, 0.25) is 0 Å². The summed E-state index contributed by atoms with van der Waals surface area (Å²) in [5.41, 5.74) is 1.01. The number of hydrogen-bond donors (Lipinski definition) is 1. The molecule has 0 spiro atoms. The first kappa shape index (κ1) is 17.1. The zero-order valence-electron chi connectivity index (χ0n) is 13.6. The normalized spacial score (nSPS) is 27.9. The van der Waals surface area contributed by atoms with Gasteiger partial charge in [-0.2, -0.15) is 0 Å². The maximum Gasteiger partial charge on any atom is 0.182 e. The maximum atomic E-state index is 12.2. The van der Waals surface area contributed by atoms with Crippen molar-refractivity contribution in [2.45, 2.75) is 18.6 Å². The van der Waals surface area contributed by atoms with Crippen LogP contribution >= 0.6 is 11.3 Å². The monoisotopic (exact) mass is 360 g/mol. The number of sulfone groups is 1. The Balaban J connectivity index is 1.72. The van der Waals surface area contributed by atoms with Crippen molar-refractivity contribution in [2.24, 2.45) is 0 Å². The fourth-order valence-corrected chi connectivity index (χ4v) is 6.19. The summed E-state index contributed by atoms with van der Waals surface area (Å²) >= 11 is 1.58. The van der Waals surface area contributed by atoms with Gasteiger partial charge in [-0.1, -0.05) is 0 Å².